The summed E-state index contributed by atoms with van der Waals surface area (Å²) in [7, 11) is 0. The number of nitrogens with one attached hydrogen (secondary N) is 2. The Labute approximate surface area is 158 Å². The molecule has 5 nitrogen and oxygen atoms in total. The van der Waals surface area contributed by atoms with Gasteiger partial charge >= 0.3 is 6.03 Å². The van der Waals surface area contributed by atoms with E-state index in [2.05, 4.69) is 10.6 Å². The van der Waals surface area contributed by atoms with Crippen LogP contribution < -0.4 is 15.5 Å². The Bertz CT molecular complexity index is 838. The summed E-state index contributed by atoms with van der Waals surface area (Å²) in [5.41, 5.74) is 4.06. The molecule has 0 spiro atoms. The predicted molar refractivity (Wildman–Crippen MR) is 103 cm³/mol. The lowest BCUT2D eigenvalue weighted by Gasteiger charge is -2.18. The molecule has 0 bridgehead atoms. The van der Waals surface area contributed by atoms with Gasteiger partial charge in [-0.1, -0.05) is 35.9 Å². The Balaban J connectivity index is 1.56. The summed E-state index contributed by atoms with van der Waals surface area (Å²) in [4.78, 5) is 26.2. The van der Waals surface area contributed by atoms with Gasteiger partial charge < -0.3 is 15.5 Å². The minimum Gasteiger partial charge on any atom is -0.334 e. The van der Waals surface area contributed by atoms with Crippen molar-refractivity contribution in [3.63, 3.8) is 0 Å². The highest BCUT2D eigenvalue weighted by Gasteiger charge is 2.31. The average molecular weight is 372 g/mol. The van der Waals surface area contributed by atoms with Crippen LogP contribution in [0.1, 0.15) is 23.1 Å². The molecule has 2 aromatic rings. The first kappa shape index (κ1) is 18.3. The van der Waals surface area contributed by atoms with E-state index in [0.717, 1.165) is 16.8 Å². The molecule has 136 valence electrons. The molecular formula is C20H22ClN3O2. The van der Waals surface area contributed by atoms with Crippen LogP contribution in [0.3, 0.4) is 0 Å². The van der Waals surface area contributed by atoms with Crippen LogP contribution in [0, 0.1) is 13.8 Å². The van der Waals surface area contributed by atoms with Crippen molar-refractivity contribution in [2.24, 2.45) is 0 Å². The molecule has 1 saturated heterocycles. The first-order chi connectivity index (χ1) is 12.4. The van der Waals surface area contributed by atoms with Gasteiger partial charge in [-0.3, -0.25) is 4.79 Å². The summed E-state index contributed by atoms with van der Waals surface area (Å²) in [6.45, 7) is 4.88. The molecule has 0 unspecified atom stereocenters. The van der Waals surface area contributed by atoms with Gasteiger partial charge in [0.25, 0.3) is 0 Å². The number of halogens is 1. The third-order valence-electron chi connectivity index (χ3n) is 4.66. The molecule has 0 aliphatic carbocycles. The Morgan fingerprint density at radius 2 is 1.96 bits per heavy atom. The quantitative estimate of drug-likeness (QED) is 0.863. The summed E-state index contributed by atoms with van der Waals surface area (Å²) < 4.78 is 0. The van der Waals surface area contributed by atoms with Crippen LogP contribution in [-0.2, 0) is 11.3 Å². The fraction of sp³-hybridized carbons (Fsp3) is 0.300. The van der Waals surface area contributed by atoms with E-state index in [1.54, 1.807) is 11.0 Å². The van der Waals surface area contributed by atoms with Crippen LogP contribution in [0.2, 0.25) is 5.02 Å². The van der Waals surface area contributed by atoms with E-state index in [1.807, 2.05) is 50.2 Å². The highest BCUT2D eigenvalue weighted by Crippen LogP contribution is 2.24. The second-order valence-corrected chi connectivity index (χ2v) is 7.00. The Hall–Kier alpha value is -2.53. The van der Waals surface area contributed by atoms with Crippen molar-refractivity contribution in [1.82, 2.24) is 10.6 Å². The molecule has 0 radical (unpaired) electrons. The topological polar surface area (TPSA) is 61.4 Å². The molecule has 2 N–H and O–H groups in total. The number of nitrogens with zero attached hydrogens (tertiary/aromatic N) is 1. The maximum atomic E-state index is 12.3. The molecule has 1 aliphatic heterocycles. The molecule has 1 fully saturated rings. The number of urea groups is 1. The standard InChI is InChI=1S/C20H22ClN3O2/c1-13-7-8-17(9-14(13)2)24-12-16(10-19(24)25)23-20(26)22-11-15-5-3-4-6-18(15)21/h3-9,16H,10-12H2,1-2H3,(H2,22,23,26)/t16-/m1/s1. The summed E-state index contributed by atoms with van der Waals surface area (Å²) in [6, 6.07) is 12.8. The first-order valence-corrected chi connectivity index (χ1v) is 8.97. The zero-order chi connectivity index (χ0) is 18.7. The molecule has 2 aromatic carbocycles. The van der Waals surface area contributed by atoms with Crippen molar-refractivity contribution in [2.45, 2.75) is 32.9 Å². The fourth-order valence-corrected chi connectivity index (χ4v) is 3.20. The predicted octanol–water partition coefficient (Wildman–Crippen LogP) is 3.56. The minimum atomic E-state index is -0.301. The number of hydrogen-bond acceptors (Lipinski definition) is 2. The van der Waals surface area contributed by atoms with E-state index < -0.39 is 0 Å². The van der Waals surface area contributed by atoms with Crippen molar-refractivity contribution < 1.29 is 9.59 Å². The third kappa shape index (κ3) is 4.17. The largest absolute Gasteiger partial charge is 0.334 e. The number of rotatable bonds is 4. The third-order valence-corrected chi connectivity index (χ3v) is 5.03. The SMILES string of the molecule is Cc1ccc(N2C[C@H](NC(=O)NCc3ccccc3Cl)CC2=O)cc1C. The molecule has 26 heavy (non-hydrogen) atoms. The highest BCUT2D eigenvalue weighted by atomic mass is 35.5. The van der Waals surface area contributed by atoms with E-state index in [4.69, 9.17) is 11.6 Å². The van der Waals surface area contributed by atoms with Crippen LogP contribution in [0.4, 0.5) is 10.5 Å². The molecule has 3 rings (SSSR count). The molecule has 0 saturated carbocycles. The Morgan fingerprint density at radius 3 is 2.69 bits per heavy atom. The van der Waals surface area contributed by atoms with Gasteiger partial charge in [-0.05, 0) is 48.7 Å². The smallest absolute Gasteiger partial charge is 0.315 e. The minimum absolute atomic E-state index is 0.0182. The van der Waals surface area contributed by atoms with E-state index in [0.29, 0.717) is 24.5 Å². The van der Waals surface area contributed by atoms with Gasteiger partial charge in [0.15, 0.2) is 0 Å². The van der Waals surface area contributed by atoms with Crippen molar-refractivity contribution in [3.05, 3.63) is 64.2 Å². The fourth-order valence-electron chi connectivity index (χ4n) is 3.00. The molecule has 1 atom stereocenters. The number of hydrogen-bond donors (Lipinski definition) is 2. The van der Waals surface area contributed by atoms with Crippen LogP contribution in [0.5, 0.6) is 0 Å². The zero-order valence-electron chi connectivity index (χ0n) is 14.9. The number of carbonyl (C=O) groups excluding carboxylic acids is 2. The van der Waals surface area contributed by atoms with Crippen molar-refractivity contribution in [1.29, 1.82) is 0 Å². The van der Waals surface area contributed by atoms with Crippen LogP contribution in [0.25, 0.3) is 0 Å². The second-order valence-electron chi connectivity index (χ2n) is 6.59. The monoisotopic (exact) mass is 371 g/mol. The Kier molecular flexibility index (Phi) is 5.47. The lowest BCUT2D eigenvalue weighted by molar-refractivity contribution is -0.117. The van der Waals surface area contributed by atoms with Gasteiger partial charge in [-0.2, -0.15) is 0 Å². The highest BCUT2D eigenvalue weighted by molar-refractivity contribution is 6.31. The van der Waals surface area contributed by atoms with Crippen LogP contribution in [-0.4, -0.2) is 24.5 Å². The summed E-state index contributed by atoms with van der Waals surface area (Å²) >= 11 is 6.08. The lowest BCUT2D eigenvalue weighted by Crippen LogP contribution is -2.43. The second kappa shape index (κ2) is 7.79. The average Bonchev–Trinajstić information content (AvgIpc) is 2.97. The van der Waals surface area contributed by atoms with Gasteiger partial charge in [0.05, 0.1) is 6.04 Å². The number of amides is 3. The summed E-state index contributed by atoms with van der Waals surface area (Å²) in [6.07, 6.45) is 0.298. The maximum absolute atomic E-state index is 12.3. The van der Waals surface area contributed by atoms with Crippen molar-refractivity contribution in [3.8, 4) is 0 Å². The van der Waals surface area contributed by atoms with Crippen LogP contribution in [0.15, 0.2) is 42.5 Å². The van der Waals surface area contributed by atoms with Crippen molar-refractivity contribution in [2.75, 3.05) is 11.4 Å². The molecule has 6 heteroatoms. The number of aryl methyl sites for hydroxylation is 2. The van der Waals surface area contributed by atoms with Gasteiger partial charge in [0.2, 0.25) is 5.91 Å². The lowest BCUT2D eigenvalue weighted by atomic mass is 10.1. The Morgan fingerprint density at radius 1 is 1.19 bits per heavy atom. The van der Waals surface area contributed by atoms with Gasteiger partial charge in [-0.25, -0.2) is 4.79 Å². The van der Waals surface area contributed by atoms with E-state index in [9.17, 15) is 9.59 Å². The molecule has 1 aliphatic rings. The summed E-state index contributed by atoms with van der Waals surface area (Å²) in [5, 5.41) is 6.27. The van der Waals surface area contributed by atoms with Gasteiger partial charge in [-0.15, -0.1) is 0 Å². The zero-order valence-corrected chi connectivity index (χ0v) is 15.6. The summed E-state index contributed by atoms with van der Waals surface area (Å²) in [5.74, 6) is 0.0182. The van der Waals surface area contributed by atoms with Gasteiger partial charge in [0.1, 0.15) is 0 Å². The molecular weight excluding hydrogens is 350 g/mol. The number of anilines is 1. The normalized spacial score (nSPS) is 16.7. The molecule has 3 amide bonds. The number of benzene rings is 2. The van der Waals surface area contributed by atoms with Crippen LogP contribution >= 0.6 is 11.6 Å². The molecule has 1 heterocycles. The van der Waals surface area contributed by atoms with E-state index >= 15 is 0 Å². The number of carbonyl (C=O) groups is 2. The van der Waals surface area contributed by atoms with E-state index in [-0.39, 0.29) is 18.0 Å². The van der Waals surface area contributed by atoms with Crippen molar-refractivity contribution >= 4 is 29.2 Å². The van der Waals surface area contributed by atoms with E-state index in [1.165, 1.54) is 5.56 Å². The van der Waals surface area contributed by atoms with Gasteiger partial charge in [0, 0.05) is 30.2 Å². The first-order valence-electron chi connectivity index (χ1n) is 8.59. The maximum Gasteiger partial charge on any atom is 0.315 e. The molecule has 0 aromatic heterocycles.